The van der Waals surface area contributed by atoms with Gasteiger partial charge in [0.1, 0.15) is 5.82 Å². The van der Waals surface area contributed by atoms with Gasteiger partial charge < -0.3 is 4.90 Å². The minimum atomic E-state index is 0.514. The van der Waals surface area contributed by atoms with Gasteiger partial charge in [0.25, 0.3) is 0 Å². The molecule has 0 radical (unpaired) electrons. The van der Waals surface area contributed by atoms with Crippen LogP contribution in [0.1, 0.15) is 31.2 Å². The molecule has 2 nitrogen and oxygen atoms in total. The number of pyridine rings is 1. The van der Waals surface area contributed by atoms with Gasteiger partial charge >= 0.3 is 0 Å². The Hall–Kier alpha value is -1.28. The van der Waals surface area contributed by atoms with Gasteiger partial charge in [-0.15, -0.1) is 11.6 Å². The third-order valence-corrected chi connectivity index (χ3v) is 4.66. The molecule has 1 aromatic heterocycles. The van der Waals surface area contributed by atoms with Crippen LogP contribution in [0.4, 0.5) is 5.82 Å². The van der Waals surface area contributed by atoms with E-state index in [1.54, 1.807) is 0 Å². The molecule has 0 aliphatic heterocycles. The Kier molecular flexibility index (Phi) is 4.11. The first-order valence-corrected chi connectivity index (χ1v) is 7.96. The molecule has 0 amide bonds. The van der Waals surface area contributed by atoms with E-state index >= 15 is 0 Å². The van der Waals surface area contributed by atoms with Crippen LogP contribution in [0, 0.1) is 5.92 Å². The molecule has 2 aromatic rings. The zero-order valence-corrected chi connectivity index (χ0v) is 12.7. The van der Waals surface area contributed by atoms with Crippen LogP contribution < -0.4 is 4.90 Å². The van der Waals surface area contributed by atoms with E-state index in [-0.39, 0.29) is 0 Å². The van der Waals surface area contributed by atoms with E-state index in [1.807, 2.05) is 6.20 Å². The highest BCUT2D eigenvalue weighted by Gasteiger charge is 2.18. The van der Waals surface area contributed by atoms with Crippen molar-refractivity contribution in [3.05, 3.63) is 36.0 Å². The molecular formula is C17H21ClN2. The molecule has 1 aliphatic carbocycles. The summed E-state index contributed by atoms with van der Waals surface area (Å²) in [7, 11) is 2.16. The average Bonchev–Trinajstić information content (AvgIpc) is 2.99. The van der Waals surface area contributed by atoms with Crippen LogP contribution in [0.25, 0.3) is 10.8 Å². The second kappa shape index (κ2) is 6.01. The fourth-order valence-corrected chi connectivity index (χ4v) is 3.53. The Bertz CT molecular complexity index is 591. The summed E-state index contributed by atoms with van der Waals surface area (Å²) in [5, 5.41) is 2.44. The maximum absolute atomic E-state index is 6.02. The van der Waals surface area contributed by atoms with Crippen molar-refractivity contribution >= 4 is 28.2 Å². The van der Waals surface area contributed by atoms with E-state index in [0.717, 1.165) is 23.8 Å². The van der Waals surface area contributed by atoms with E-state index in [0.29, 0.717) is 5.88 Å². The molecule has 0 unspecified atom stereocenters. The fourth-order valence-electron chi connectivity index (χ4n) is 3.31. The van der Waals surface area contributed by atoms with Gasteiger partial charge in [-0.2, -0.15) is 0 Å². The summed E-state index contributed by atoms with van der Waals surface area (Å²) in [6.45, 7) is 1.11. The van der Waals surface area contributed by atoms with Gasteiger partial charge in [0.05, 0.1) is 0 Å². The van der Waals surface area contributed by atoms with Crippen molar-refractivity contribution in [1.29, 1.82) is 0 Å². The Labute approximate surface area is 125 Å². The van der Waals surface area contributed by atoms with E-state index in [4.69, 9.17) is 11.6 Å². The molecule has 1 heterocycles. The summed E-state index contributed by atoms with van der Waals surface area (Å²) in [5.74, 6) is 2.43. The van der Waals surface area contributed by atoms with Crippen molar-refractivity contribution in [3.63, 3.8) is 0 Å². The van der Waals surface area contributed by atoms with Crippen LogP contribution in [0.15, 0.2) is 30.5 Å². The molecule has 1 fully saturated rings. The average molecular weight is 289 g/mol. The van der Waals surface area contributed by atoms with Crippen LogP contribution in [-0.2, 0) is 5.88 Å². The largest absolute Gasteiger partial charge is 0.359 e. The maximum Gasteiger partial charge on any atom is 0.136 e. The van der Waals surface area contributed by atoms with Gasteiger partial charge in [-0.3, -0.25) is 0 Å². The number of anilines is 1. The molecule has 0 spiro atoms. The highest BCUT2D eigenvalue weighted by Crippen LogP contribution is 2.30. The lowest BCUT2D eigenvalue weighted by Gasteiger charge is -2.24. The van der Waals surface area contributed by atoms with Crippen molar-refractivity contribution in [2.24, 2.45) is 5.92 Å². The predicted octanol–water partition coefficient (Wildman–Crippen LogP) is 4.60. The minimum absolute atomic E-state index is 0.514. The Balaban J connectivity index is 1.94. The van der Waals surface area contributed by atoms with Crippen molar-refractivity contribution in [2.75, 3.05) is 18.5 Å². The standard InChI is InChI=1S/C17H21ClN2/c1-20(12-13-6-2-3-7-13)17-16-9-5-4-8-15(16)14(10-18)11-19-17/h4-5,8-9,11,13H,2-3,6-7,10,12H2,1H3. The second-order valence-electron chi connectivity index (χ2n) is 5.82. The van der Waals surface area contributed by atoms with E-state index in [9.17, 15) is 0 Å². The number of halogens is 1. The zero-order chi connectivity index (χ0) is 13.9. The molecule has 0 saturated heterocycles. The first-order valence-electron chi connectivity index (χ1n) is 7.43. The number of nitrogens with zero attached hydrogens (tertiary/aromatic N) is 2. The first kappa shape index (κ1) is 13.7. The van der Waals surface area contributed by atoms with Gasteiger partial charge in [0.2, 0.25) is 0 Å². The van der Waals surface area contributed by atoms with Gasteiger partial charge in [-0.05, 0) is 29.7 Å². The summed E-state index contributed by atoms with van der Waals surface area (Å²) in [6.07, 6.45) is 7.43. The molecule has 1 aromatic carbocycles. The maximum atomic E-state index is 6.02. The van der Waals surface area contributed by atoms with Gasteiger partial charge in [-0.25, -0.2) is 4.98 Å². The third-order valence-electron chi connectivity index (χ3n) is 4.37. The number of rotatable bonds is 4. The number of benzene rings is 1. The molecule has 0 bridgehead atoms. The van der Waals surface area contributed by atoms with E-state index < -0.39 is 0 Å². The molecule has 3 rings (SSSR count). The lowest BCUT2D eigenvalue weighted by atomic mass is 10.1. The lowest BCUT2D eigenvalue weighted by Crippen LogP contribution is -2.25. The molecule has 1 aliphatic rings. The number of hydrogen-bond acceptors (Lipinski definition) is 2. The molecule has 20 heavy (non-hydrogen) atoms. The SMILES string of the molecule is CN(CC1CCCC1)c1ncc(CCl)c2ccccc12. The third kappa shape index (κ3) is 2.62. The molecule has 1 saturated carbocycles. The van der Waals surface area contributed by atoms with Crippen molar-refractivity contribution in [3.8, 4) is 0 Å². The van der Waals surface area contributed by atoms with Crippen molar-refractivity contribution in [2.45, 2.75) is 31.6 Å². The highest BCUT2D eigenvalue weighted by atomic mass is 35.5. The normalized spacial score (nSPS) is 15.9. The molecule has 3 heteroatoms. The fraction of sp³-hybridized carbons (Fsp3) is 0.471. The summed E-state index contributed by atoms with van der Waals surface area (Å²) in [6, 6.07) is 8.44. The quantitative estimate of drug-likeness (QED) is 0.764. The van der Waals surface area contributed by atoms with Gasteiger partial charge in [-0.1, -0.05) is 37.1 Å². The van der Waals surface area contributed by atoms with Gasteiger partial charge in [0.15, 0.2) is 0 Å². The topological polar surface area (TPSA) is 16.1 Å². The number of fused-ring (bicyclic) bond motifs is 1. The number of hydrogen-bond donors (Lipinski definition) is 0. The first-order chi connectivity index (χ1) is 9.79. The van der Waals surface area contributed by atoms with Crippen LogP contribution in [0.2, 0.25) is 0 Å². The Morgan fingerprint density at radius 2 is 1.90 bits per heavy atom. The van der Waals surface area contributed by atoms with E-state index in [2.05, 4.69) is 41.2 Å². The summed E-state index contributed by atoms with van der Waals surface area (Å²) in [4.78, 5) is 6.98. The number of alkyl halides is 1. The van der Waals surface area contributed by atoms with Crippen molar-refractivity contribution in [1.82, 2.24) is 4.98 Å². The summed E-state index contributed by atoms with van der Waals surface area (Å²) in [5.41, 5.74) is 1.11. The smallest absolute Gasteiger partial charge is 0.136 e. The lowest BCUT2D eigenvalue weighted by molar-refractivity contribution is 0.545. The van der Waals surface area contributed by atoms with Crippen molar-refractivity contribution < 1.29 is 0 Å². The Morgan fingerprint density at radius 1 is 1.20 bits per heavy atom. The van der Waals surface area contributed by atoms with Crippen LogP contribution in [-0.4, -0.2) is 18.6 Å². The van der Waals surface area contributed by atoms with Crippen LogP contribution in [0.3, 0.4) is 0 Å². The molecular weight excluding hydrogens is 268 g/mol. The Morgan fingerprint density at radius 3 is 2.60 bits per heavy atom. The van der Waals surface area contributed by atoms with Crippen LogP contribution >= 0.6 is 11.6 Å². The second-order valence-corrected chi connectivity index (χ2v) is 6.08. The van der Waals surface area contributed by atoms with E-state index in [1.165, 1.54) is 36.5 Å². The minimum Gasteiger partial charge on any atom is -0.359 e. The molecule has 0 atom stereocenters. The van der Waals surface area contributed by atoms with Crippen LogP contribution in [0.5, 0.6) is 0 Å². The predicted molar refractivity (Wildman–Crippen MR) is 86.5 cm³/mol. The van der Waals surface area contributed by atoms with Gasteiger partial charge in [0, 0.05) is 31.1 Å². The zero-order valence-electron chi connectivity index (χ0n) is 12.0. The monoisotopic (exact) mass is 288 g/mol. The molecule has 0 N–H and O–H groups in total. The summed E-state index contributed by atoms with van der Waals surface area (Å²) < 4.78 is 0. The highest BCUT2D eigenvalue weighted by molar-refractivity contribution is 6.18. The number of aromatic nitrogens is 1. The summed E-state index contributed by atoms with van der Waals surface area (Å²) >= 11 is 6.02. The molecule has 106 valence electrons.